The lowest BCUT2D eigenvalue weighted by molar-refractivity contribution is -0.140. The molecule has 0 aliphatic carbocycles. The summed E-state index contributed by atoms with van der Waals surface area (Å²) in [5, 5.41) is 13.0. The molecule has 0 saturated carbocycles. The number of aliphatic hydroxyl groups is 1. The lowest BCUT2D eigenvalue weighted by Crippen LogP contribution is -2.28. The van der Waals surface area contributed by atoms with Crippen LogP contribution in [0.1, 0.15) is 35.4 Å². The van der Waals surface area contributed by atoms with Crippen LogP contribution in [0.25, 0.3) is 5.76 Å². The second kappa shape index (κ2) is 9.36. The van der Waals surface area contributed by atoms with E-state index in [-0.39, 0.29) is 17.9 Å². The van der Waals surface area contributed by atoms with Crippen molar-refractivity contribution in [2.45, 2.75) is 25.9 Å². The minimum absolute atomic E-state index is 0.0224. The maximum absolute atomic E-state index is 13.6. The largest absolute Gasteiger partial charge is 0.507 e. The van der Waals surface area contributed by atoms with Crippen LogP contribution in [0.4, 0.5) is 4.39 Å². The van der Waals surface area contributed by atoms with Crippen molar-refractivity contribution in [3.8, 4) is 5.75 Å². The number of amides is 1. The fraction of sp³-hybridized carbons (Fsp3) is 0.200. The van der Waals surface area contributed by atoms with E-state index in [9.17, 15) is 19.1 Å². The summed E-state index contributed by atoms with van der Waals surface area (Å²) >= 11 is 1.47. The Bertz CT molecular complexity index is 1150. The summed E-state index contributed by atoms with van der Waals surface area (Å²) < 4.78 is 19.2. The van der Waals surface area contributed by atoms with Crippen molar-refractivity contribution >= 4 is 28.8 Å². The van der Waals surface area contributed by atoms with E-state index in [1.165, 1.54) is 40.5 Å². The molecule has 32 heavy (non-hydrogen) atoms. The van der Waals surface area contributed by atoms with Crippen molar-refractivity contribution in [2.75, 3.05) is 6.61 Å². The van der Waals surface area contributed by atoms with E-state index >= 15 is 0 Å². The predicted molar refractivity (Wildman–Crippen MR) is 121 cm³/mol. The maximum atomic E-state index is 13.6. The first-order chi connectivity index (χ1) is 15.5. The molecule has 7 heteroatoms. The Morgan fingerprint density at radius 1 is 1.12 bits per heavy atom. The number of hydrogen-bond acceptors (Lipinski definition) is 5. The smallest absolute Gasteiger partial charge is 0.295 e. The van der Waals surface area contributed by atoms with Gasteiger partial charge in [-0.25, -0.2) is 4.39 Å². The first-order valence-corrected chi connectivity index (χ1v) is 11.2. The van der Waals surface area contributed by atoms with Crippen LogP contribution >= 0.6 is 11.3 Å². The molecule has 2 heterocycles. The highest BCUT2D eigenvalue weighted by atomic mass is 32.1. The van der Waals surface area contributed by atoms with Gasteiger partial charge in [-0.15, -0.1) is 11.3 Å². The van der Waals surface area contributed by atoms with Crippen molar-refractivity contribution in [1.82, 2.24) is 4.90 Å². The van der Waals surface area contributed by atoms with Crippen molar-refractivity contribution < 1.29 is 23.8 Å². The number of thiophene rings is 1. The van der Waals surface area contributed by atoms with Crippen LogP contribution in [0, 0.1) is 5.82 Å². The fourth-order valence-electron chi connectivity index (χ4n) is 3.71. The van der Waals surface area contributed by atoms with E-state index in [4.69, 9.17) is 4.74 Å². The number of benzene rings is 2. The Kier molecular flexibility index (Phi) is 6.37. The van der Waals surface area contributed by atoms with E-state index in [1.807, 2.05) is 24.4 Å². The number of aliphatic hydroxyl groups excluding tert-OH is 1. The summed E-state index contributed by atoms with van der Waals surface area (Å²) in [6.45, 7) is 2.72. The first-order valence-electron chi connectivity index (χ1n) is 10.3. The van der Waals surface area contributed by atoms with Crippen molar-refractivity contribution in [2.24, 2.45) is 0 Å². The molecular weight excluding hydrogens is 429 g/mol. The van der Waals surface area contributed by atoms with Crippen LogP contribution in [-0.2, 0) is 16.1 Å². The molecule has 1 fully saturated rings. The van der Waals surface area contributed by atoms with E-state index in [2.05, 4.69) is 0 Å². The Hall–Kier alpha value is -3.45. The standard InChI is InChI=1S/C25H22FNO4S/c1-2-12-31-19-6-3-5-17(14-19)23(28)21-22(16-8-10-18(26)11-9-16)27(25(30)24(21)29)15-20-7-4-13-32-20/h3-11,13-14,22,28H,2,12,15H2,1H3/b23-21-. The topological polar surface area (TPSA) is 66.8 Å². The van der Waals surface area contributed by atoms with Gasteiger partial charge in [0, 0.05) is 10.4 Å². The second-order valence-electron chi connectivity index (χ2n) is 7.43. The summed E-state index contributed by atoms with van der Waals surface area (Å²) in [6.07, 6.45) is 0.828. The lowest BCUT2D eigenvalue weighted by atomic mass is 9.95. The molecule has 1 unspecified atom stereocenters. The molecule has 3 aromatic rings. The van der Waals surface area contributed by atoms with Gasteiger partial charge in [-0.05, 0) is 47.7 Å². The number of ketones is 1. The van der Waals surface area contributed by atoms with Crippen LogP contribution < -0.4 is 4.74 Å². The SMILES string of the molecule is CCCOc1cccc(/C(O)=C2/C(=O)C(=O)N(Cc3cccs3)C2c2ccc(F)cc2)c1. The number of Topliss-reactive ketones (excluding diaryl/α,β-unsaturated/α-hetero) is 1. The zero-order valence-electron chi connectivity index (χ0n) is 17.5. The number of halogens is 1. The van der Waals surface area contributed by atoms with Gasteiger partial charge in [0.05, 0.1) is 24.8 Å². The molecule has 1 amide bonds. The molecule has 4 rings (SSSR count). The van der Waals surface area contributed by atoms with Crippen LogP contribution in [0.3, 0.4) is 0 Å². The third-order valence-electron chi connectivity index (χ3n) is 5.21. The lowest BCUT2D eigenvalue weighted by Gasteiger charge is -2.25. The third-order valence-corrected chi connectivity index (χ3v) is 6.07. The number of carbonyl (C=O) groups is 2. The Morgan fingerprint density at radius 2 is 1.91 bits per heavy atom. The molecule has 1 aliphatic heterocycles. The molecule has 0 bridgehead atoms. The van der Waals surface area contributed by atoms with Gasteiger partial charge < -0.3 is 14.7 Å². The highest BCUT2D eigenvalue weighted by Gasteiger charge is 2.46. The van der Waals surface area contributed by atoms with Gasteiger partial charge in [-0.1, -0.05) is 37.3 Å². The molecule has 0 radical (unpaired) electrons. The van der Waals surface area contributed by atoms with Crippen molar-refractivity contribution in [3.63, 3.8) is 0 Å². The molecule has 1 saturated heterocycles. The summed E-state index contributed by atoms with van der Waals surface area (Å²) in [5.41, 5.74) is 0.896. The van der Waals surface area contributed by atoms with Gasteiger partial charge in [-0.2, -0.15) is 0 Å². The van der Waals surface area contributed by atoms with Gasteiger partial charge >= 0.3 is 0 Å². The molecule has 1 aliphatic rings. The Morgan fingerprint density at radius 3 is 2.59 bits per heavy atom. The molecular formula is C25H22FNO4S. The van der Waals surface area contributed by atoms with Gasteiger partial charge in [0.15, 0.2) is 0 Å². The van der Waals surface area contributed by atoms with E-state index < -0.39 is 23.5 Å². The first kappa shape index (κ1) is 21.8. The summed E-state index contributed by atoms with van der Waals surface area (Å²) in [5.74, 6) is -1.62. The second-order valence-corrected chi connectivity index (χ2v) is 8.47. The number of hydrogen-bond donors (Lipinski definition) is 1. The van der Waals surface area contributed by atoms with Gasteiger partial charge in [-0.3, -0.25) is 9.59 Å². The molecule has 0 spiro atoms. The number of ether oxygens (including phenoxy) is 1. The van der Waals surface area contributed by atoms with Crippen molar-refractivity contribution in [3.05, 3.63) is 93.4 Å². The minimum Gasteiger partial charge on any atom is -0.507 e. The number of rotatable bonds is 7. The zero-order chi connectivity index (χ0) is 22.7. The monoisotopic (exact) mass is 451 g/mol. The maximum Gasteiger partial charge on any atom is 0.295 e. The third kappa shape index (κ3) is 4.29. The molecule has 1 aromatic heterocycles. The predicted octanol–water partition coefficient (Wildman–Crippen LogP) is 5.30. The van der Waals surface area contributed by atoms with Gasteiger partial charge in [0.2, 0.25) is 0 Å². The van der Waals surface area contributed by atoms with Crippen LogP contribution in [0.2, 0.25) is 0 Å². The summed E-state index contributed by atoms with van der Waals surface area (Å²) in [4.78, 5) is 28.3. The molecule has 5 nitrogen and oxygen atoms in total. The summed E-state index contributed by atoms with van der Waals surface area (Å²) in [6, 6.07) is 15.3. The van der Waals surface area contributed by atoms with Crippen LogP contribution in [0.15, 0.2) is 71.6 Å². The highest BCUT2D eigenvalue weighted by molar-refractivity contribution is 7.09. The average Bonchev–Trinajstić information content (AvgIpc) is 3.40. The Labute approximate surface area is 189 Å². The van der Waals surface area contributed by atoms with Gasteiger partial charge in [0.1, 0.15) is 17.3 Å². The number of nitrogens with zero attached hydrogens (tertiary/aromatic N) is 1. The van der Waals surface area contributed by atoms with Crippen molar-refractivity contribution in [1.29, 1.82) is 0 Å². The van der Waals surface area contributed by atoms with Crippen LogP contribution in [0.5, 0.6) is 5.75 Å². The molecule has 1 atom stereocenters. The van der Waals surface area contributed by atoms with E-state index in [1.54, 1.807) is 24.3 Å². The zero-order valence-corrected chi connectivity index (χ0v) is 18.3. The van der Waals surface area contributed by atoms with Gasteiger partial charge in [0.25, 0.3) is 11.7 Å². The molecule has 1 N–H and O–H groups in total. The fourth-order valence-corrected chi connectivity index (χ4v) is 4.42. The number of likely N-dealkylation sites (tertiary alicyclic amines) is 1. The molecule has 2 aromatic carbocycles. The van der Waals surface area contributed by atoms with Crippen LogP contribution in [-0.4, -0.2) is 28.3 Å². The normalized spacial score (nSPS) is 17.7. The highest BCUT2D eigenvalue weighted by Crippen LogP contribution is 2.41. The van der Waals surface area contributed by atoms with E-state index in [0.29, 0.717) is 23.5 Å². The summed E-state index contributed by atoms with van der Waals surface area (Å²) in [7, 11) is 0. The molecule has 164 valence electrons. The van der Waals surface area contributed by atoms with E-state index in [0.717, 1.165) is 11.3 Å². The number of carbonyl (C=O) groups excluding carboxylic acids is 2. The average molecular weight is 452 g/mol. The minimum atomic E-state index is -0.835. The quantitative estimate of drug-likeness (QED) is 0.301. The Balaban J connectivity index is 1.81.